The summed E-state index contributed by atoms with van der Waals surface area (Å²) in [5.41, 5.74) is 8.13. The molecule has 1 aliphatic heterocycles. The standard InChI is InChI=1S/C14H21N3O2/c1-17(8-6-14(15)16-18)10-13-12-5-3-2-4-11(12)7-9-19-13/h2-5,13,18H,6-10H2,1H3,(H2,15,16). The van der Waals surface area contributed by atoms with Crippen LogP contribution < -0.4 is 5.73 Å². The molecule has 19 heavy (non-hydrogen) atoms. The molecule has 0 amide bonds. The first-order valence-electron chi connectivity index (χ1n) is 6.55. The van der Waals surface area contributed by atoms with Crippen molar-refractivity contribution >= 4 is 5.84 Å². The van der Waals surface area contributed by atoms with Crippen molar-refractivity contribution in [3.05, 3.63) is 35.4 Å². The second kappa shape index (κ2) is 6.54. The summed E-state index contributed by atoms with van der Waals surface area (Å²) in [5.74, 6) is 0.261. The Balaban J connectivity index is 1.93. The van der Waals surface area contributed by atoms with Gasteiger partial charge in [0.1, 0.15) is 5.84 Å². The fraction of sp³-hybridized carbons (Fsp3) is 0.500. The van der Waals surface area contributed by atoms with Gasteiger partial charge in [0.25, 0.3) is 0 Å². The van der Waals surface area contributed by atoms with Crippen LogP contribution in [-0.2, 0) is 11.2 Å². The summed E-state index contributed by atoms with van der Waals surface area (Å²) in [5, 5.41) is 11.5. The van der Waals surface area contributed by atoms with Crippen LogP contribution in [0, 0.1) is 0 Å². The summed E-state index contributed by atoms with van der Waals surface area (Å²) in [7, 11) is 2.02. The Hall–Kier alpha value is -1.59. The second-order valence-corrected chi connectivity index (χ2v) is 4.91. The highest BCUT2D eigenvalue weighted by Crippen LogP contribution is 2.27. The van der Waals surface area contributed by atoms with Crippen molar-refractivity contribution in [1.82, 2.24) is 4.90 Å². The average molecular weight is 263 g/mol. The molecule has 0 fully saturated rings. The molecule has 1 unspecified atom stereocenters. The molecule has 1 aromatic rings. The molecule has 0 aromatic heterocycles. The lowest BCUT2D eigenvalue weighted by molar-refractivity contribution is 0.0215. The van der Waals surface area contributed by atoms with Gasteiger partial charge in [0.2, 0.25) is 0 Å². The summed E-state index contributed by atoms with van der Waals surface area (Å²) in [6.07, 6.45) is 1.66. The van der Waals surface area contributed by atoms with E-state index in [1.54, 1.807) is 0 Å². The van der Waals surface area contributed by atoms with Crippen LogP contribution in [0.2, 0.25) is 0 Å². The predicted molar refractivity (Wildman–Crippen MR) is 74.4 cm³/mol. The molecule has 0 aliphatic carbocycles. The van der Waals surface area contributed by atoms with Crippen molar-refractivity contribution in [3.8, 4) is 0 Å². The van der Waals surface area contributed by atoms with Crippen LogP contribution in [0.1, 0.15) is 23.7 Å². The molecule has 5 heteroatoms. The third kappa shape index (κ3) is 3.68. The van der Waals surface area contributed by atoms with Crippen molar-refractivity contribution in [3.63, 3.8) is 0 Å². The van der Waals surface area contributed by atoms with Gasteiger partial charge in [-0.25, -0.2) is 0 Å². The number of oxime groups is 1. The molecule has 104 valence electrons. The number of fused-ring (bicyclic) bond motifs is 1. The number of likely N-dealkylation sites (N-methyl/N-ethyl adjacent to an activating group) is 1. The minimum absolute atomic E-state index is 0.113. The zero-order valence-electron chi connectivity index (χ0n) is 11.2. The van der Waals surface area contributed by atoms with Crippen LogP contribution in [-0.4, -0.2) is 42.7 Å². The molecule has 0 bridgehead atoms. The summed E-state index contributed by atoms with van der Waals surface area (Å²) in [6.45, 7) is 2.34. The zero-order valence-corrected chi connectivity index (χ0v) is 11.2. The first-order chi connectivity index (χ1) is 9.20. The number of hydrogen-bond donors (Lipinski definition) is 2. The zero-order chi connectivity index (χ0) is 13.7. The molecule has 1 aliphatic rings. The van der Waals surface area contributed by atoms with E-state index in [1.807, 2.05) is 7.05 Å². The molecular weight excluding hydrogens is 242 g/mol. The monoisotopic (exact) mass is 263 g/mol. The first-order valence-corrected chi connectivity index (χ1v) is 6.55. The van der Waals surface area contributed by atoms with Crippen LogP contribution in [0.4, 0.5) is 0 Å². The minimum atomic E-state index is 0.113. The second-order valence-electron chi connectivity index (χ2n) is 4.91. The first kappa shape index (κ1) is 13.8. The smallest absolute Gasteiger partial charge is 0.140 e. The van der Waals surface area contributed by atoms with Gasteiger partial charge in [0, 0.05) is 19.5 Å². The number of benzene rings is 1. The largest absolute Gasteiger partial charge is 0.409 e. The highest BCUT2D eigenvalue weighted by Gasteiger charge is 2.21. The van der Waals surface area contributed by atoms with E-state index in [0.29, 0.717) is 6.42 Å². The lowest BCUT2D eigenvalue weighted by Crippen LogP contribution is -2.31. The van der Waals surface area contributed by atoms with E-state index in [4.69, 9.17) is 15.7 Å². The third-order valence-corrected chi connectivity index (χ3v) is 3.45. The number of hydrogen-bond acceptors (Lipinski definition) is 4. The maximum atomic E-state index is 8.52. The van der Waals surface area contributed by atoms with Crippen LogP contribution in [0.25, 0.3) is 0 Å². The molecule has 0 saturated carbocycles. The number of nitrogens with zero attached hydrogens (tertiary/aromatic N) is 2. The topological polar surface area (TPSA) is 71.1 Å². The van der Waals surface area contributed by atoms with Gasteiger partial charge in [0.05, 0.1) is 12.7 Å². The van der Waals surface area contributed by atoms with Gasteiger partial charge in [-0.2, -0.15) is 0 Å². The van der Waals surface area contributed by atoms with E-state index in [-0.39, 0.29) is 11.9 Å². The van der Waals surface area contributed by atoms with Gasteiger partial charge < -0.3 is 20.6 Å². The molecule has 0 saturated heterocycles. The lowest BCUT2D eigenvalue weighted by atomic mass is 9.97. The Morgan fingerprint density at radius 1 is 1.53 bits per heavy atom. The van der Waals surface area contributed by atoms with E-state index in [1.165, 1.54) is 11.1 Å². The molecule has 1 heterocycles. The van der Waals surface area contributed by atoms with Crippen LogP contribution in [0.15, 0.2) is 29.4 Å². The quantitative estimate of drug-likeness (QED) is 0.364. The van der Waals surface area contributed by atoms with Crippen molar-refractivity contribution in [2.75, 3.05) is 26.7 Å². The van der Waals surface area contributed by atoms with Gasteiger partial charge in [-0.1, -0.05) is 29.4 Å². The van der Waals surface area contributed by atoms with E-state index in [0.717, 1.165) is 26.1 Å². The lowest BCUT2D eigenvalue weighted by Gasteiger charge is -2.29. The molecule has 0 radical (unpaired) electrons. The minimum Gasteiger partial charge on any atom is -0.409 e. The average Bonchev–Trinajstić information content (AvgIpc) is 2.45. The molecule has 1 atom stereocenters. The van der Waals surface area contributed by atoms with Crippen LogP contribution >= 0.6 is 0 Å². The fourth-order valence-electron chi connectivity index (χ4n) is 2.36. The van der Waals surface area contributed by atoms with Crippen molar-refractivity contribution < 1.29 is 9.94 Å². The maximum absolute atomic E-state index is 8.52. The van der Waals surface area contributed by atoms with Crippen molar-refractivity contribution in [1.29, 1.82) is 0 Å². The molecule has 5 nitrogen and oxygen atoms in total. The van der Waals surface area contributed by atoms with E-state index >= 15 is 0 Å². The van der Waals surface area contributed by atoms with Gasteiger partial charge in [-0.3, -0.25) is 0 Å². The maximum Gasteiger partial charge on any atom is 0.140 e. The summed E-state index contributed by atoms with van der Waals surface area (Å²) in [6, 6.07) is 8.43. The Kier molecular flexibility index (Phi) is 4.76. The van der Waals surface area contributed by atoms with Gasteiger partial charge in [-0.05, 0) is 24.6 Å². The number of nitrogens with two attached hydrogens (primary N) is 1. The van der Waals surface area contributed by atoms with E-state index < -0.39 is 0 Å². The molecule has 2 rings (SSSR count). The van der Waals surface area contributed by atoms with E-state index in [2.05, 4.69) is 34.3 Å². The number of rotatable bonds is 5. The van der Waals surface area contributed by atoms with Gasteiger partial charge in [-0.15, -0.1) is 0 Å². The van der Waals surface area contributed by atoms with Gasteiger partial charge in [0.15, 0.2) is 0 Å². The Morgan fingerprint density at radius 3 is 3.11 bits per heavy atom. The normalized spacial score (nSPS) is 19.5. The molecular formula is C14H21N3O2. The van der Waals surface area contributed by atoms with Crippen LogP contribution in [0.5, 0.6) is 0 Å². The SMILES string of the molecule is CN(CCC(N)=NO)CC1OCCc2ccccc21. The third-order valence-electron chi connectivity index (χ3n) is 3.45. The van der Waals surface area contributed by atoms with E-state index in [9.17, 15) is 0 Å². The summed E-state index contributed by atoms with van der Waals surface area (Å²) >= 11 is 0. The molecule has 0 spiro atoms. The number of amidine groups is 1. The Morgan fingerprint density at radius 2 is 2.32 bits per heavy atom. The summed E-state index contributed by atoms with van der Waals surface area (Å²) < 4.78 is 5.86. The van der Waals surface area contributed by atoms with Crippen LogP contribution in [0.3, 0.4) is 0 Å². The molecule has 3 N–H and O–H groups in total. The van der Waals surface area contributed by atoms with Crippen molar-refractivity contribution in [2.24, 2.45) is 10.9 Å². The highest BCUT2D eigenvalue weighted by atomic mass is 16.5. The predicted octanol–water partition coefficient (Wildman–Crippen LogP) is 1.37. The molecule has 1 aromatic carbocycles. The number of ether oxygens (including phenoxy) is 1. The fourth-order valence-corrected chi connectivity index (χ4v) is 2.36. The van der Waals surface area contributed by atoms with Gasteiger partial charge >= 0.3 is 0 Å². The Labute approximate surface area is 113 Å². The van der Waals surface area contributed by atoms with Crippen molar-refractivity contribution in [2.45, 2.75) is 18.9 Å². The summed E-state index contributed by atoms with van der Waals surface area (Å²) in [4.78, 5) is 2.14. The Bertz CT molecular complexity index is 448. The highest BCUT2D eigenvalue weighted by molar-refractivity contribution is 5.79.